The van der Waals surface area contributed by atoms with Crippen molar-refractivity contribution in [2.24, 2.45) is 17.8 Å². The van der Waals surface area contributed by atoms with Crippen molar-refractivity contribution in [3.8, 4) is 0 Å². The van der Waals surface area contributed by atoms with Gasteiger partial charge in [-0.3, -0.25) is 4.79 Å². The Morgan fingerprint density at radius 2 is 1.64 bits per heavy atom. The standard InChI is InChI=1S/C22H27NO3S2/c24-21(14-27-22-11-16-8-17(12-22)10-18(9-16)13-22)23(19-4-2-1-3-5-19)20-6-7-28(25,26)15-20/h1-7,16-18,20H,8-15H2/t16?,17?,18?,20-,22?/m1/s1. The van der Waals surface area contributed by atoms with Crippen LogP contribution in [-0.2, 0) is 14.6 Å². The van der Waals surface area contributed by atoms with Gasteiger partial charge >= 0.3 is 0 Å². The van der Waals surface area contributed by atoms with E-state index in [1.165, 1.54) is 43.9 Å². The van der Waals surface area contributed by atoms with Gasteiger partial charge in [-0.2, -0.15) is 0 Å². The van der Waals surface area contributed by atoms with Crippen molar-refractivity contribution in [2.45, 2.75) is 49.3 Å². The molecule has 1 amide bonds. The average molecular weight is 418 g/mol. The quantitative estimate of drug-likeness (QED) is 0.726. The second-order valence-electron chi connectivity index (χ2n) is 9.21. The molecule has 4 aliphatic carbocycles. The Balaban J connectivity index is 1.33. The van der Waals surface area contributed by atoms with Crippen molar-refractivity contribution >= 4 is 33.2 Å². The number of carbonyl (C=O) groups excluding carboxylic acids is 1. The lowest BCUT2D eigenvalue weighted by atomic mass is 9.56. The number of anilines is 1. The molecule has 150 valence electrons. The van der Waals surface area contributed by atoms with E-state index in [4.69, 9.17) is 0 Å². The molecule has 6 heteroatoms. The van der Waals surface area contributed by atoms with Crippen LogP contribution in [0, 0.1) is 17.8 Å². The maximum atomic E-state index is 13.3. The first kappa shape index (κ1) is 18.7. The third kappa shape index (κ3) is 3.54. The Kier molecular flexibility index (Phi) is 4.62. The van der Waals surface area contributed by atoms with Crippen LogP contribution >= 0.6 is 11.8 Å². The molecular formula is C22H27NO3S2. The van der Waals surface area contributed by atoms with Crippen LogP contribution in [0.15, 0.2) is 41.8 Å². The second-order valence-corrected chi connectivity index (χ2v) is 12.6. The van der Waals surface area contributed by atoms with Gasteiger partial charge in [0, 0.05) is 15.8 Å². The first-order valence-electron chi connectivity index (χ1n) is 10.3. The Hall–Kier alpha value is -1.27. The Labute approximate surface area is 171 Å². The zero-order valence-corrected chi connectivity index (χ0v) is 17.6. The fraction of sp³-hybridized carbons (Fsp3) is 0.591. The Morgan fingerprint density at radius 3 is 2.18 bits per heavy atom. The van der Waals surface area contributed by atoms with Gasteiger partial charge in [0.2, 0.25) is 5.91 Å². The molecule has 6 rings (SSSR count). The number of nitrogens with zero attached hydrogens (tertiary/aromatic N) is 1. The summed E-state index contributed by atoms with van der Waals surface area (Å²) in [6, 6.07) is 9.09. The van der Waals surface area contributed by atoms with E-state index in [9.17, 15) is 13.2 Å². The predicted molar refractivity (Wildman–Crippen MR) is 114 cm³/mol. The van der Waals surface area contributed by atoms with Crippen LogP contribution in [-0.4, -0.2) is 36.6 Å². The number of benzene rings is 1. The third-order valence-corrected chi connectivity index (χ3v) is 9.91. The molecule has 1 aliphatic heterocycles. The van der Waals surface area contributed by atoms with Crippen LogP contribution in [0.4, 0.5) is 5.69 Å². The smallest absolute Gasteiger partial charge is 0.237 e. The number of sulfone groups is 1. The van der Waals surface area contributed by atoms with Gasteiger partial charge in [-0.25, -0.2) is 8.42 Å². The second kappa shape index (κ2) is 6.91. The van der Waals surface area contributed by atoms with Gasteiger partial charge in [0.05, 0.1) is 17.5 Å². The number of hydrogen-bond donors (Lipinski definition) is 0. The normalized spacial score (nSPS) is 37.3. The molecule has 0 radical (unpaired) electrons. The molecule has 4 bridgehead atoms. The van der Waals surface area contributed by atoms with Gasteiger partial charge in [-0.15, -0.1) is 11.8 Å². The Bertz CT molecular complexity index is 858. The molecule has 28 heavy (non-hydrogen) atoms. The minimum atomic E-state index is -3.22. The van der Waals surface area contributed by atoms with Crippen LogP contribution in [0.1, 0.15) is 38.5 Å². The topological polar surface area (TPSA) is 54.5 Å². The summed E-state index contributed by atoms with van der Waals surface area (Å²) in [5, 5.41) is 1.26. The molecular weight excluding hydrogens is 390 g/mol. The van der Waals surface area contributed by atoms with E-state index >= 15 is 0 Å². The van der Waals surface area contributed by atoms with Crippen LogP contribution in [0.3, 0.4) is 0 Å². The first-order valence-corrected chi connectivity index (χ1v) is 13.0. The van der Waals surface area contributed by atoms with E-state index in [2.05, 4.69) is 0 Å². The SMILES string of the molecule is O=C(CSC12CC3CC(CC(C3)C1)C2)N(c1ccccc1)[C@@H]1C=CS(=O)(=O)C1. The first-order chi connectivity index (χ1) is 13.4. The molecule has 4 fully saturated rings. The number of carbonyl (C=O) groups is 1. The predicted octanol–water partition coefficient (Wildman–Crippen LogP) is 4.03. The maximum Gasteiger partial charge on any atom is 0.237 e. The monoisotopic (exact) mass is 417 g/mol. The number of rotatable bonds is 5. The van der Waals surface area contributed by atoms with Crippen LogP contribution in [0.25, 0.3) is 0 Å². The summed E-state index contributed by atoms with van der Waals surface area (Å²) in [5.41, 5.74) is 0.783. The van der Waals surface area contributed by atoms with Crippen molar-refractivity contribution < 1.29 is 13.2 Å². The summed E-state index contributed by atoms with van der Waals surface area (Å²) in [6.07, 6.45) is 9.65. The van der Waals surface area contributed by atoms with Gasteiger partial charge < -0.3 is 4.90 Å². The van der Waals surface area contributed by atoms with Crippen molar-refractivity contribution in [3.63, 3.8) is 0 Å². The van der Waals surface area contributed by atoms with E-state index in [0.29, 0.717) is 5.75 Å². The van der Waals surface area contributed by atoms with Crippen molar-refractivity contribution in [1.82, 2.24) is 0 Å². The van der Waals surface area contributed by atoms with Crippen molar-refractivity contribution in [2.75, 3.05) is 16.4 Å². The third-order valence-electron chi connectivity index (χ3n) is 7.03. The van der Waals surface area contributed by atoms with E-state index in [-0.39, 0.29) is 16.4 Å². The molecule has 0 N–H and O–H groups in total. The molecule has 1 aromatic rings. The molecule has 1 atom stereocenters. The summed E-state index contributed by atoms with van der Waals surface area (Å²) in [5.74, 6) is 3.03. The lowest BCUT2D eigenvalue weighted by Crippen LogP contribution is -2.49. The molecule has 5 aliphatic rings. The molecule has 0 saturated heterocycles. The summed E-state index contributed by atoms with van der Waals surface area (Å²) >= 11 is 1.86. The van der Waals surface area contributed by atoms with Crippen molar-refractivity contribution in [3.05, 3.63) is 41.8 Å². The van der Waals surface area contributed by atoms with E-state index in [1.807, 2.05) is 42.1 Å². The number of para-hydroxylation sites is 1. The molecule has 0 unspecified atom stereocenters. The van der Waals surface area contributed by atoms with E-state index in [1.54, 1.807) is 11.0 Å². The molecule has 4 nitrogen and oxygen atoms in total. The molecule has 1 heterocycles. The zero-order valence-electron chi connectivity index (χ0n) is 16.0. The van der Waals surface area contributed by atoms with Gasteiger partial charge in [0.25, 0.3) is 0 Å². The summed E-state index contributed by atoms with van der Waals surface area (Å²) in [6.45, 7) is 0. The minimum Gasteiger partial charge on any atom is -0.304 e. The number of amides is 1. The molecule has 0 spiro atoms. The highest BCUT2D eigenvalue weighted by atomic mass is 32.2. The van der Waals surface area contributed by atoms with Gasteiger partial charge in [0.15, 0.2) is 9.84 Å². The fourth-order valence-corrected chi connectivity index (χ4v) is 9.22. The van der Waals surface area contributed by atoms with Gasteiger partial charge in [0.1, 0.15) is 0 Å². The van der Waals surface area contributed by atoms with Gasteiger partial charge in [-0.05, 0) is 74.5 Å². The largest absolute Gasteiger partial charge is 0.304 e. The number of hydrogen-bond acceptors (Lipinski definition) is 4. The molecule has 0 aromatic heterocycles. The highest BCUT2D eigenvalue weighted by Gasteiger charge is 2.51. The lowest BCUT2D eigenvalue weighted by molar-refractivity contribution is -0.116. The van der Waals surface area contributed by atoms with Crippen molar-refractivity contribution in [1.29, 1.82) is 0 Å². The van der Waals surface area contributed by atoms with E-state index < -0.39 is 15.9 Å². The highest BCUT2D eigenvalue weighted by molar-refractivity contribution is 8.01. The van der Waals surface area contributed by atoms with E-state index in [0.717, 1.165) is 23.4 Å². The molecule has 1 aromatic carbocycles. The van der Waals surface area contributed by atoms with Crippen LogP contribution < -0.4 is 4.90 Å². The minimum absolute atomic E-state index is 0.0182. The van der Waals surface area contributed by atoms with Crippen LogP contribution in [0.2, 0.25) is 0 Å². The number of thioether (sulfide) groups is 1. The highest BCUT2D eigenvalue weighted by Crippen LogP contribution is 2.60. The zero-order chi connectivity index (χ0) is 19.4. The van der Waals surface area contributed by atoms with Crippen LogP contribution in [0.5, 0.6) is 0 Å². The summed E-state index contributed by atoms with van der Waals surface area (Å²) in [7, 11) is -3.22. The fourth-order valence-electron chi connectivity index (χ4n) is 6.32. The molecule has 4 saturated carbocycles. The lowest BCUT2D eigenvalue weighted by Gasteiger charge is -2.56. The summed E-state index contributed by atoms with van der Waals surface area (Å²) < 4.78 is 24.2. The Morgan fingerprint density at radius 1 is 1.04 bits per heavy atom. The average Bonchev–Trinajstić information content (AvgIpc) is 2.99. The summed E-state index contributed by atoms with van der Waals surface area (Å²) in [4.78, 5) is 15.0. The maximum absolute atomic E-state index is 13.3. The van der Waals surface area contributed by atoms with Gasteiger partial charge in [-0.1, -0.05) is 18.2 Å².